The van der Waals surface area contributed by atoms with Crippen molar-refractivity contribution in [2.45, 2.75) is 19.8 Å². The van der Waals surface area contributed by atoms with Gasteiger partial charge in [-0.25, -0.2) is 9.78 Å². The number of thiazole rings is 1. The van der Waals surface area contributed by atoms with Crippen LogP contribution in [0.2, 0.25) is 0 Å². The standard InChI is InChI=1S/C14H16N2O2S/c1-3-4-10-5-7-11(8-6-10)15-14-16-12(9-19-14)13(17)18-2/h5-9H,3-4H2,1-2H3,(H,15,16). The second-order valence-electron chi connectivity index (χ2n) is 4.10. The summed E-state index contributed by atoms with van der Waals surface area (Å²) < 4.78 is 4.62. The number of aromatic nitrogens is 1. The van der Waals surface area contributed by atoms with E-state index in [1.165, 1.54) is 24.0 Å². The van der Waals surface area contributed by atoms with E-state index in [0.717, 1.165) is 18.5 Å². The first-order valence-electron chi connectivity index (χ1n) is 6.12. The molecule has 1 heterocycles. The van der Waals surface area contributed by atoms with Gasteiger partial charge in [0.2, 0.25) is 0 Å². The van der Waals surface area contributed by atoms with Crippen LogP contribution in [0.25, 0.3) is 0 Å². The van der Waals surface area contributed by atoms with Crippen molar-refractivity contribution in [2.75, 3.05) is 12.4 Å². The molecule has 100 valence electrons. The number of aryl methyl sites for hydroxylation is 1. The van der Waals surface area contributed by atoms with Gasteiger partial charge < -0.3 is 10.1 Å². The molecule has 1 aromatic carbocycles. The molecule has 0 aliphatic heterocycles. The number of ether oxygens (including phenoxy) is 1. The molecular formula is C14H16N2O2S. The predicted molar refractivity (Wildman–Crippen MR) is 77.2 cm³/mol. The van der Waals surface area contributed by atoms with Crippen molar-refractivity contribution in [1.82, 2.24) is 4.98 Å². The Balaban J connectivity index is 2.04. The summed E-state index contributed by atoms with van der Waals surface area (Å²) in [7, 11) is 1.35. The van der Waals surface area contributed by atoms with Gasteiger partial charge >= 0.3 is 5.97 Å². The van der Waals surface area contributed by atoms with Crippen molar-refractivity contribution in [1.29, 1.82) is 0 Å². The van der Waals surface area contributed by atoms with Crippen molar-refractivity contribution in [2.24, 2.45) is 0 Å². The van der Waals surface area contributed by atoms with Crippen LogP contribution in [-0.4, -0.2) is 18.1 Å². The zero-order valence-corrected chi connectivity index (χ0v) is 11.8. The third-order valence-corrected chi connectivity index (χ3v) is 3.40. The van der Waals surface area contributed by atoms with E-state index in [9.17, 15) is 4.79 Å². The second kappa shape index (κ2) is 6.33. The molecule has 4 nitrogen and oxygen atoms in total. The SMILES string of the molecule is CCCc1ccc(Nc2nc(C(=O)OC)cs2)cc1. The molecular weight excluding hydrogens is 260 g/mol. The largest absolute Gasteiger partial charge is 0.464 e. The second-order valence-corrected chi connectivity index (χ2v) is 4.96. The fourth-order valence-corrected chi connectivity index (χ4v) is 2.40. The Morgan fingerprint density at radius 3 is 2.74 bits per heavy atom. The van der Waals surface area contributed by atoms with Crippen LogP contribution in [0.15, 0.2) is 29.6 Å². The smallest absolute Gasteiger partial charge is 0.357 e. The molecule has 1 N–H and O–H groups in total. The number of methoxy groups -OCH3 is 1. The van der Waals surface area contributed by atoms with Crippen LogP contribution in [0, 0.1) is 0 Å². The van der Waals surface area contributed by atoms with Crippen LogP contribution in [0.4, 0.5) is 10.8 Å². The Morgan fingerprint density at radius 2 is 2.11 bits per heavy atom. The third-order valence-electron chi connectivity index (χ3n) is 2.64. The quantitative estimate of drug-likeness (QED) is 0.847. The van der Waals surface area contributed by atoms with Crippen LogP contribution >= 0.6 is 11.3 Å². The molecule has 0 radical (unpaired) electrons. The third kappa shape index (κ3) is 3.54. The average Bonchev–Trinajstić information content (AvgIpc) is 2.89. The van der Waals surface area contributed by atoms with E-state index in [1.54, 1.807) is 5.38 Å². The Labute approximate surface area is 116 Å². The predicted octanol–water partition coefficient (Wildman–Crippen LogP) is 3.63. The minimum atomic E-state index is -0.414. The normalized spacial score (nSPS) is 10.2. The number of rotatable bonds is 5. The highest BCUT2D eigenvalue weighted by Gasteiger charge is 2.10. The first-order chi connectivity index (χ1) is 9.22. The van der Waals surface area contributed by atoms with E-state index in [0.29, 0.717) is 10.8 Å². The van der Waals surface area contributed by atoms with Crippen LogP contribution in [0.1, 0.15) is 29.4 Å². The number of carbonyl (C=O) groups excluding carboxylic acids is 1. The first-order valence-corrected chi connectivity index (χ1v) is 7.00. The molecule has 0 saturated carbocycles. The molecule has 1 aromatic heterocycles. The number of benzene rings is 1. The van der Waals surface area contributed by atoms with E-state index in [-0.39, 0.29) is 0 Å². The Morgan fingerprint density at radius 1 is 1.37 bits per heavy atom. The molecule has 0 spiro atoms. The van der Waals surface area contributed by atoms with Gasteiger partial charge in [0, 0.05) is 11.1 Å². The highest BCUT2D eigenvalue weighted by atomic mass is 32.1. The molecule has 0 unspecified atom stereocenters. The molecule has 0 atom stereocenters. The number of carbonyl (C=O) groups is 1. The fraction of sp³-hybridized carbons (Fsp3) is 0.286. The summed E-state index contributed by atoms with van der Waals surface area (Å²) in [5.41, 5.74) is 2.62. The van der Waals surface area contributed by atoms with Crippen LogP contribution < -0.4 is 5.32 Å². The molecule has 0 bridgehead atoms. The molecule has 0 amide bonds. The summed E-state index contributed by atoms with van der Waals surface area (Å²) in [4.78, 5) is 15.5. The maximum Gasteiger partial charge on any atom is 0.357 e. The van der Waals surface area contributed by atoms with E-state index >= 15 is 0 Å². The monoisotopic (exact) mass is 276 g/mol. The zero-order chi connectivity index (χ0) is 13.7. The Bertz CT molecular complexity index is 549. The van der Waals surface area contributed by atoms with Crippen LogP contribution in [0.3, 0.4) is 0 Å². The lowest BCUT2D eigenvalue weighted by atomic mass is 10.1. The van der Waals surface area contributed by atoms with Gasteiger partial charge in [0.05, 0.1) is 7.11 Å². The van der Waals surface area contributed by atoms with E-state index in [2.05, 4.69) is 34.1 Å². The zero-order valence-electron chi connectivity index (χ0n) is 11.0. The Hall–Kier alpha value is -1.88. The van der Waals surface area contributed by atoms with Gasteiger partial charge in [0.25, 0.3) is 0 Å². The number of nitrogens with one attached hydrogen (secondary N) is 1. The molecule has 0 fully saturated rings. The molecule has 2 rings (SSSR count). The van der Waals surface area contributed by atoms with Gasteiger partial charge in [-0.15, -0.1) is 11.3 Å². The highest BCUT2D eigenvalue weighted by molar-refractivity contribution is 7.14. The maximum absolute atomic E-state index is 11.3. The van der Waals surface area contributed by atoms with E-state index in [1.807, 2.05) is 12.1 Å². The lowest BCUT2D eigenvalue weighted by Gasteiger charge is -2.04. The molecule has 19 heavy (non-hydrogen) atoms. The van der Waals surface area contributed by atoms with Crippen molar-refractivity contribution in [3.05, 3.63) is 40.9 Å². The fourth-order valence-electron chi connectivity index (χ4n) is 1.70. The molecule has 0 aliphatic rings. The summed E-state index contributed by atoms with van der Waals surface area (Å²) in [5, 5.41) is 5.54. The van der Waals surface area contributed by atoms with Crippen LogP contribution in [-0.2, 0) is 11.2 Å². The van der Waals surface area contributed by atoms with Crippen molar-refractivity contribution in [3.63, 3.8) is 0 Å². The van der Waals surface area contributed by atoms with Crippen molar-refractivity contribution >= 4 is 28.1 Å². The van der Waals surface area contributed by atoms with Gasteiger partial charge in [0.1, 0.15) is 0 Å². The number of nitrogens with zero attached hydrogens (tertiary/aromatic N) is 1. The molecule has 0 saturated heterocycles. The summed E-state index contributed by atoms with van der Waals surface area (Å²) in [6.07, 6.45) is 2.23. The van der Waals surface area contributed by atoms with Crippen molar-refractivity contribution < 1.29 is 9.53 Å². The van der Waals surface area contributed by atoms with Crippen LogP contribution in [0.5, 0.6) is 0 Å². The summed E-state index contributed by atoms with van der Waals surface area (Å²) in [6, 6.07) is 8.23. The summed E-state index contributed by atoms with van der Waals surface area (Å²) >= 11 is 1.38. The molecule has 5 heteroatoms. The number of hydrogen-bond donors (Lipinski definition) is 1. The van der Waals surface area contributed by atoms with Gasteiger partial charge in [-0.2, -0.15) is 0 Å². The topological polar surface area (TPSA) is 51.2 Å². The van der Waals surface area contributed by atoms with E-state index < -0.39 is 5.97 Å². The minimum Gasteiger partial charge on any atom is -0.464 e. The maximum atomic E-state index is 11.3. The Kier molecular flexibility index (Phi) is 4.52. The lowest BCUT2D eigenvalue weighted by molar-refractivity contribution is 0.0595. The first kappa shape index (κ1) is 13.5. The highest BCUT2D eigenvalue weighted by Crippen LogP contribution is 2.21. The summed E-state index contributed by atoms with van der Waals surface area (Å²) in [5.74, 6) is -0.414. The molecule has 2 aromatic rings. The van der Waals surface area contributed by atoms with Gasteiger partial charge in [-0.3, -0.25) is 0 Å². The number of esters is 1. The lowest BCUT2D eigenvalue weighted by Crippen LogP contribution is -2.01. The van der Waals surface area contributed by atoms with E-state index in [4.69, 9.17) is 0 Å². The van der Waals surface area contributed by atoms with Crippen molar-refractivity contribution in [3.8, 4) is 0 Å². The number of hydrogen-bond acceptors (Lipinski definition) is 5. The van der Waals surface area contributed by atoms with Gasteiger partial charge in [0.15, 0.2) is 10.8 Å². The van der Waals surface area contributed by atoms with Gasteiger partial charge in [-0.1, -0.05) is 25.5 Å². The molecule has 0 aliphatic carbocycles. The minimum absolute atomic E-state index is 0.331. The average molecular weight is 276 g/mol. The summed E-state index contributed by atoms with van der Waals surface area (Å²) in [6.45, 7) is 2.16. The number of anilines is 2. The van der Waals surface area contributed by atoms with Gasteiger partial charge in [-0.05, 0) is 24.1 Å².